The number of hydrogen-bond acceptors (Lipinski definition) is 3. The summed E-state index contributed by atoms with van der Waals surface area (Å²) in [5.74, 6) is -0.263. The molecule has 0 aromatic heterocycles. The fourth-order valence-corrected chi connectivity index (χ4v) is 1.70. The number of hydrogen-bond donors (Lipinski definition) is 3. The first-order chi connectivity index (χ1) is 8.54. The molecule has 1 aromatic rings. The summed E-state index contributed by atoms with van der Waals surface area (Å²) in [6.45, 7) is 3.63. The molecule has 0 aliphatic heterocycles. The number of nitrogens with two attached hydrogens (primary N) is 1. The summed E-state index contributed by atoms with van der Waals surface area (Å²) < 4.78 is 0. The lowest BCUT2D eigenvalue weighted by Crippen LogP contribution is -2.38. The van der Waals surface area contributed by atoms with E-state index in [1.54, 1.807) is 0 Å². The van der Waals surface area contributed by atoms with E-state index in [9.17, 15) is 9.90 Å². The smallest absolute Gasteiger partial charge is 0.246 e. The molecule has 0 heterocycles. The molecule has 98 valence electrons. The van der Waals surface area contributed by atoms with E-state index in [-0.39, 0.29) is 12.3 Å². The van der Waals surface area contributed by atoms with Crippen molar-refractivity contribution >= 4 is 5.91 Å². The van der Waals surface area contributed by atoms with Gasteiger partial charge in [-0.05, 0) is 12.0 Å². The predicted octanol–water partition coefficient (Wildman–Crippen LogP) is 0.610. The summed E-state index contributed by atoms with van der Waals surface area (Å²) in [6, 6.07) is 9.29. The van der Waals surface area contributed by atoms with Crippen molar-refractivity contribution in [2.24, 2.45) is 5.73 Å². The van der Waals surface area contributed by atoms with Crippen LogP contribution in [0.25, 0.3) is 0 Å². The Labute approximate surface area is 108 Å². The average Bonchev–Trinajstić information content (AvgIpc) is 2.38. The third kappa shape index (κ3) is 4.31. The van der Waals surface area contributed by atoms with Crippen molar-refractivity contribution in [1.29, 1.82) is 0 Å². The molecule has 4 N–H and O–H groups in total. The van der Waals surface area contributed by atoms with Crippen LogP contribution in [-0.4, -0.2) is 30.2 Å². The maximum Gasteiger partial charge on any atom is 0.246 e. The van der Waals surface area contributed by atoms with Gasteiger partial charge in [0.15, 0.2) is 0 Å². The van der Waals surface area contributed by atoms with Crippen molar-refractivity contribution in [2.75, 3.05) is 7.05 Å². The number of benzene rings is 1. The molecule has 1 aromatic carbocycles. The van der Waals surface area contributed by atoms with Gasteiger partial charge in [0.1, 0.15) is 0 Å². The molecule has 2 atom stereocenters. The van der Waals surface area contributed by atoms with Crippen LogP contribution in [0.4, 0.5) is 0 Å². The number of carbonyl (C=O) groups is 1. The molecule has 0 bridgehead atoms. The summed E-state index contributed by atoms with van der Waals surface area (Å²) >= 11 is 0. The Morgan fingerprint density at radius 1 is 1.44 bits per heavy atom. The third-order valence-electron chi connectivity index (χ3n) is 2.81. The molecule has 0 aliphatic carbocycles. The Hall–Kier alpha value is -1.65. The first-order valence-corrected chi connectivity index (χ1v) is 5.92. The largest absolute Gasteiger partial charge is 0.391 e. The second kappa shape index (κ2) is 6.93. The molecule has 18 heavy (non-hydrogen) atoms. The molecule has 0 radical (unpaired) electrons. The first kappa shape index (κ1) is 14.4. The number of likely N-dealkylation sites (N-methyl/N-ethyl adjacent to an activating group) is 1. The Morgan fingerprint density at radius 2 is 2.06 bits per heavy atom. The van der Waals surface area contributed by atoms with Crippen LogP contribution < -0.4 is 11.1 Å². The van der Waals surface area contributed by atoms with Crippen molar-refractivity contribution in [1.82, 2.24) is 5.32 Å². The fraction of sp³-hybridized carbons (Fsp3) is 0.357. The minimum Gasteiger partial charge on any atom is -0.391 e. The van der Waals surface area contributed by atoms with Crippen molar-refractivity contribution < 1.29 is 9.90 Å². The van der Waals surface area contributed by atoms with Gasteiger partial charge in [0.2, 0.25) is 5.91 Å². The zero-order valence-electron chi connectivity index (χ0n) is 10.6. The number of amides is 1. The fourth-order valence-electron chi connectivity index (χ4n) is 1.70. The highest BCUT2D eigenvalue weighted by Crippen LogP contribution is 2.10. The normalized spacial score (nSPS) is 13.7. The van der Waals surface area contributed by atoms with Gasteiger partial charge < -0.3 is 16.2 Å². The van der Waals surface area contributed by atoms with Gasteiger partial charge in [-0.1, -0.05) is 36.9 Å². The molecular weight excluding hydrogens is 228 g/mol. The summed E-state index contributed by atoms with van der Waals surface area (Å²) in [6.07, 6.45) is -0.00789. The predicted molar refractivity (Wildman–Crippen MR) is 72.0 cm³/mol. The Kier molecular flexibility index (Phi) is 5.55. The lowest BCUT2D eigenvalue weighted by atomic mass is 9.97. The summed E-state index contributed by atoms with van der Waals surface area (Å²) in [5.41, 5.74) is 7.32. The first-order valence-electron chi connectivity index (χ1n) is 5.92. The molecule has 0 aliphatic rings. The molecule has 4 heteroatoms. The van der Waals surface area contributed by atoms with E-state index in [2.05, 4.69) is 11.9 Å². The highest BCUT2D eigenvalue weighted by molar-refractivity contribution is 5.92. The van der Waals surface area contributed by atoms with Crippen molar-refractivity contribution in [3.05, 3.63) is 48.0 Å². The van der Waals surface area contributed by atoms with Crippen LogP contribution in [0.5, 0.6) is 0 Å². The Bertz CT molecular complexity index is 404. The van der Waals surface area contributed by atoms with Crippen molar-refractivity contribution in [3.63, 3.8) is 0 Å². The van der Waals surface area contributed by atoms with Crippen LogP contribution in [-0.2, 0) is 11.2 Å². The standard InChI is InChI=1S/C14H20N2O2/c1-10(14(18)16-2)8-13(17)12(15)9-11-6-4-3-5-7-11/h3-7,12-13,17H,1,8-9,15H2,2H3,(H,16,18)/t12-,13-/m0/s1. The second-order valence-corrected chi connectivity index (χ2v) is 4.31. The topological polar surface area (TPSA) is 75.3 Å². The SMILES string of the molecule is C=C(C[C@H](O)[C@@H](N)Cc1ccccc1)C(=O)NC. The Balaban J connectivity index is 2.49. The van der Waals surface area contributed by atoms with Crippen LogP contribution in [0, 0.1) is 0 Å². The monoisotopic (exact) mass is 248 g/mol. The van der Waals surface area contributed by atoms with Crippen LogP contribution in [0.1, 0.15) is 12.0 Å². The van der Waals surface area contributed by atoms with Crippen molar-refractivity contribution in [2.45, 2.75) is 25.0 Å². The van der Waals surface area contributed by atoms with Crippen LogP contribution in [0.3, 0.4) is 0 Å². The zero-order chi connectivity index (χ0) is 13.5. The zero-order valence-corrected chi connectivity index (χ0v) is 10.6. The van der Waals surface area contributed by atoms with E-state index in [0.29, 0.717) is 12.0 Å². The van der Waals surface area contributed by atoms with Crippen LogP contribution in [0.15, 0.2) is 42.5 Å². The van der Waals surface area contributed by atoms with E-state index >= 15 is 0 Å². The van der Waals surface area contributed by atoms with E-state index in [4.69, 9.17) is 5.73 Å². The highest BCUT2D eigenvalue weighted by Gasteiger charge is 2.18. The number of rotatable bonds is 6. The molecule has 0 unspecified atom stereocenters. The van der Waals surface area contributed by atoms with E-state index in [1.807, 2.05) is 30.3 Å². The van der Waals surface area contributed by atoms with Gasteiger partial charge in [0.05, 0.1) is 6.10 Å². The van der Waals surface area contributed by atoms with Gasteiger partial charge >= 0.3 is 0 Å². The summed E-state index contributed by atoms with van der Waals surface area (Å²) in [5, 5.41) is 12.4. The molecular formula is C14H20N2O2. The number of aliphatic hydroxyl groups excluding tert-OH is 1. The molecule has 0 saturated carbocycles. The van der Waals surface area contributed by atoms with Gasteiger partial charge in [0.25, 0.3) is 0 Å². The lowest BCUT2D eigenvalue weighted by molar-refractivity contribution is -0.117. The lowest BCUT2D eigenvalue weighted by Gasteiger charge is -2.19. The molecule has 0 spiro atoms. The van der Waals surface area contributed by atoms with Gasteiger partial charge in [-0.15, -0.1) is 0 Å². The molecule has 0 saturated heterocycles. The number of aliphatic hydroxyl groups is 1. The average molecular weight is 248 g/mol. The van der Waals surface area contributed by atoms with Gasteiger partial charge in [-0.25, -0.2) is 0 Å². The quantitative estimate of drug-likeness (QED) is 0.646. The maximum atomic E-state index is 11.3. The van der Waals surface area contributed by atoms with Gasteiger partial charge in [0, 0.05) is 25.1 Å². The van der Waals surface area contributed by atoms with Crippen LogP contribution in [0.2, 0.25) is 0 Å². The number of nitrogens with one attached hydrogen (secondary N) is 1. The maximum absolute atomic E-state index is 11.3. The van der Waals surface area contributed by atoms with E-state index in [0.717, 1.165) is 5.56 Å². The Morgan fingerprint density at radius 3 is 2.61 bits per heavy atom. The molecule has 0 fully saturated rings. The summed E-state index contributed by atoms with van der Waals surface area (Å²) in [7, 11) is 1.53. The highest BCUT2D eigenvalue weighted by atomic mass is 16.3. The van der Waals surface area contributed by atoms with Crippen molar-refractivity contribution in [3.8, 4) is 0 Å². The van der Waals surface area contributed by atoms with E-state index < -0.39 is 12.1 Å². The molecule has 1 amide bonds. The third-order valence-corrected chi connectivity index (χ3v) is 2.81. The molecule has 4 nitrogen and oxygen atoms in total. The van der Waals surface area contributed by atoms with E-state index in [1.165, 1.54) is 7.05 Å². The molecule has 1 rings (SSSR count). The number of carbonyl (C=O) groups excluding carboxylic acids is 1. The second-order valence-electron chi connectivity index (χ2n) is 4.31. The summed E-state index contributed by atoms with van der Waals surface area (Å²) in [4.78, 5) is 11.3. The van der Waals surface area contributed by atoms with Crippen LogP contribution >= 0.6 is 0 Å². The van der Waals surface area contributed by atoms with Gasteiger partial charge in [-0.3, -0.25) is 4.79 Å². The van der Waals surface area contributed by atoms with Gasteiger partial charge in [-0.2, -0.15) is 0 Å². The minimum atomic E-state index is -0.769. The minimum absolute atomic E-state index is 0.188.